The van der Waals surface area contributed by atoms with Crippen molar-refractivity contribution >= 4 is 5.91 Å². The minimum absolute atomic E-state index is 0.0129. The predicted octanol–water partition coefficient (Wildman–Crippen LogP) is 0.262. The number of aromatic nitrogens is 1. The van der Waals surface area contributed by atoms with Crippen molar-refractivity contribution in [2.75, 3.05) is 34.0 Å². The van der Waals surface area contributed by atoms with Gasteiger partial charge in [-0.2, -0.15) is 0 Å². The maximum atomic E-state index is 12.1. The highest BCUT2D eigenvalue weighted by Crippen LogP contribution is 2.04. The molecule has 0 aliphatic carbocycles. The van der Waals surface area contributed by atoms with Crippen LogP contribution in [0.25, 0.3) is 0 Å². The third-order valence-corrected chi connectivity index (χ3v) is 2.78. The lowest BCUT2D eigenvalue weighted by Crippen LogP contribution is -2.39. The lowest BCUT2D eigenvalue weighted by molar-refractivity contribution is 0.0867. The average molecular weight is 270 g/mol. The molecule has 0 aliphatic rings. The Morgan fingerprint density at radius 1 is 1.47 bits per heavy atom. The molecule has 0 fully saturated rings. The number of methoxy groups -OCH3 is 2. The van der Waals surface area contributed by atoms with Gasteiger partial charge in [-0.25, -0.2) is 0 Å². The topological polar surface area (TPSA) is 72.7 Å². The minimum atomic E-state index is -0.187. The number of carbonyl (C=O) groups excluding carboxylic acids is 1. The van der Waals surface area contributed by atoms with Crippen LogP contribution < -0.4 is 5.32 Å². The number of aliphatic hydroxyl groups excluding tert-OH is 1. The van der Waals surface area contributed by atoms with Crippen LogP contribution in [0.1, 0.15) is 16.9 Å². The normalized spacial score (nSPS) is 12.4. The van der Waals surface area contributed by atoms with Crippen molar-refractivity contribution in [2.24, 2.45) is 0 Å². The number of carbonyl (C=O) groups is 1. The molecule has 0 spiro atoms. The van der Waals surface area contributed by atoms with Crippen LogP contribution in [-0.2, 0) is 16.0 Å². The molecule has 6 nitrogen and oxygen atoms in total. The first-order valence-electron chi connectivity index (χ1n) is 6.27. The van der Waals surface area contributed by atoms with E-state index in [1.165, 1.54) is 0 Å². The lowest BCUT2D eigenvalue weighted by atomic mass is 10.2. The molecule has 0 radical (unpaired) electrons. The van der Waals surface area contributed by atoms with Gasteiger partial charge in [0, 0.05) is 33.6 Å². The van der Waals surface area contributed by atoms with Crippen LogP contribution >= 0.6 is 0 Å². The molecule has 0 aliphatic heterocycles. The molecule has 0 saturated carbocycles. The van der Waals surface area contributed by atoms with E-state index in [1.807, 2.05) is 16.8 Å². The Bertz CT molecular complexity index is 372. The molecule has 0 saturated heterocycles. The van der Waals surface area contributed by atoms with Gasteiger partial charge in [0.25, 0.3) is 5.91 Å². The summed E-state index contributed by atoms with van der Waals surface area (Å²) in [5.74, 6) is -0.170. The molecule has 19 heavy (non-hydrogen) atoms. The molecular weight excluding hydrogens is 248 g/mol. The zero-order valence-corrected chi connectivity index (χ0v) is 11.5. The highest BCUT2D eigenvalue weighted by molar-refractivity contribution is 5.92. The van der Waals surface area contributed by atoms with Gasteiger partial charge < -0.3 is 24.5 Å². The van der Waals surface area contributed by atoms with Crippen molar-refractivity contribution in [3.8, 4) is 0 Å². The quantitative estimate of drug-likeness (QED) is 0.675. The van der Waals surface area contributed by atoms with E-state index >= 15 is 0 Å². The van der Waals surface area contributed by atoms with E-state index in [0.29, 0.717) is 31.9 Å². The van der Waals surface area contributed by atoms with Gasteiger partial charge in [0.05, 0.1) is 19.3 Å². The van der Waals surface area contributed by atoms with Gasteiger partial charge in [-0.15, -0.1) is 0 Å². The first-order valence-corrected chi connectivity index (χ1v) is 6.27. The summed E-state index contributed by atoms with van der Waals surface area (Å²) in [5.41, 5.74) is 0.580. The number of aliphatic hydroxyl groups is 1. The van der Waals surface area contributed by atoms with Crippen LogP contribution in [-0.4, -0.2) is 55.7 Å². The van der Waals surface area contributed by atoms with Gasteiger partial charge in [-0.05, 0) is 18.6 Å². The number of hydrogen-bond acceptors (Lipinski definition) is 4. The Hall–Kier alpha value is -1.37. The van der Waals surface area contributed by atoms with Crippen molar-refractivity contribution in [1.82, 2.24) is 9.88 Å². The molecular formula is C13H22N2O4. The van der Waals surface area contributed by atoms with E-state index in [-0.39, 0.29) is 18.6 Å². The van der Waals surface area contributed by atoms with Crippen LogP contribution in [0.3, 0.4) is 0 Å². The summed E-state index contributed by atoms with van der Waals surface area (Å²) in [6, 6.07) is 3.39. The molecule has 1 unspecified atom stereocenters. The van der Waals surface area contributed by atoms with Gasteiger partial charge in [0.15, 0.2) is 0 Å². The smallest absolute Gasteiger partial charge is 0.268 e. The number of amides is 1. The fraction of sp³-hybridized carbons (Fsp3) is 0.615. The zero-order valence-electron chi connectivity index (χ0n) is 11.5. The summed E-state index contributed by atoms with van der Waals surface area (Å²) >= 11 is 0. The zero-order chi connectivity index (χ0) is 14.1. The van der Waals surface area contributed by atoms with E-state index in [4.69, 9.17) is 14.6 Å². The van der Waals surface area contributed by atoms with Gasteiger partial charge >= 0.3 is 0 Å². The van der Waals surface area contributed by atoms with E-state index in [2.05, 4.69) is 5.32 Å². The van der Waals surface area contributed by atoms with E-state index in [0.717, 1.165) is 0 Å². The Morgan fingerprint density at radius 2 is 2.26 bits per heavy atom. The number of hydrogen-bond donors (Lipinski definition) is 2. The monoisotopic (exact) mass is 270 g/mol. The number of nitrogens with zero attached hydrogens (tertiary/aromatic N) is 1. The third kappa shape index (κ3) is 5.02. The lowest BCUT2D eigenvalue weighted by Gasteiger charge is -2.17. The molecule has 108 valence electrons. The summed E-state index contributed by atoms with van der Waals surface area (Å²) in [6.45, 7) is 1.57. The van der Waals surface area contributed by atoms with Crippen LogP contribution in [0.2, 0.25) is 0 Å². The van der Waals surface area contributed by atoms with Gasteiger partial charge in [-0.3, -0.25) is 4.79 Å². The molecule has 1 atom stereocenters. The van der Waals surface area contributed by atoms with E-state index in [1.54, 1.807) is 20.3 Å². The van der Waals surface area contributed by atoms with Crippen LogP contribution in [0, 0.1) is 0 Å². The molecule has 1 aromatic rings. The molecule has 6 heteroatoms. The van der Waals surface area contributed by atoms with Gasteiger partial charge in [0.2, 0.25) is 0 Å². The van der Waals surface area contributed by atoms with Crippen molar-refractivity contribution in [1.29, 1.82) is 0 Å². The van der Waals surface area contributed by atoms with Crippen molar-refractivity contribution < 1.29 is 19.4 Å². The fourth-order valence-electron chi connectivity index (χ4n) is 1.82. The fourth-order valence-corrected chi connectivity index (χ4v) is 1.82. The predicted molar refractivity (Wildman–Crippen MR) is 71.1 cm³/mol. The van der Waals surface area contributed by atoms with Gasteiger partial charge in [0.1, 0.15) is 5.69 Å². The number of nitrogens with one attached hydrogen (secondary N) is 1. The highest BCUT2D eigenvalue weighted by Gasteiger charge is 2.15. The number of ether oxygens (including phenoxy) is 2. The van der Waals surface area contributed by atoms with Crippen LogP contribution in [0.15, 0.2) is 18.3 Å². The Labute approximate surface area is 113 Å². The second kappa shape index (κ2) is 8.68. The van der Waals surface area contributed by atoms with Crippen molar-refractivity contribution in [3.05, 3.63) is 24.0 Å². The molecule has 1 aromatic heterocycles. The van der Waals surface area contributed by atoms with Crippen molar-refractivity contribution in [2.45, 2.75) is 19.0 Å². The maximum absolute atomic E-state index is 12.1. The van der Waals surface area contributed by atoms with Crippen LogP contribution in [0.4, 0.5) is 0 Å². The van der Waals surface area contributed by atoms with Crippen molar-refractivity contribution in [3.63, 3.8) is 0 Å². The minimum Gasteiger partial charge on any atom is -0.396 e. The highest BCUT2D eigenvalue weighted by atomic mass is 16.5. The Morgan fingerprint density at radius 3 is 2.89 bits per heavy atom. The summed E-state index contributed by atoms with van der Waals surface area (Å²) in [5, 5.41) is 11.8. The summed E-state index contributed by atoms with van der Waals surface area (Å²) in [4.78, 5) is 12.1. The largest absolute Gasteiger partial charge is 0.396 e. The maximum Gasteiger partial charge on any atom is 0.268 e. The second-order valence-electron chi connectivity index (χ2n) is 4.22. The summed E-state index contributed by atoms with van der Waals surface area (Å²) in [6.07, 6.45) is 2.31. The number of rotatable bonds is 9. The van der Waals surface area contributed by atoms with E-state index in [9.17, 15) is 4.79 Å². The molecule has 1 amide bonds. The second-order valence-corrected chi connectivity index (χ2v) is 4.22. The molecule has 2 N–H and O–H groups in total. The SMILES string of the molecule is COCCn1cccc1C(=O)NC(CCO)COC. The molecule has 0 bridgehead atoms. The Balaban J connectivity index is 2.63. The first-order chi connectivity index (χ1) is 9.22. The van der Waals surface area contributed by atoms with E-state index < -0.39 is 0 Å². The first kappa shape index (κ1) is 15.7. The van der Waals surface area contributed by atoms with Gasteiger partial charge in [-0.1, -0.05) is 0 Å². The molecule has 1 rings (SSSR count). The van der Waals surface area contributed by atoms with Crippen LogP contribution in [0.5, 0.6) is 0 Å². The summed E-state index contributed by atoms with van der Waals surface area (Å²) in [7, 11) is 3.19. The standard InChI is InChI=1S/C13H22N2O4/c1-18-9-7-15-6-3-4-12(15)13(17)14-11(5-8-16)10-19-2/h3-4,6,11,16H,5,7-10H2,1-2H3,(H,14,17). The third-order valence-electron chi connectivity index (χ3n) is 2.78. The molecule has 0 aromatic carbocycles. The Kier molecular flexibility index (Phi) is 7.17. The summed E-state index contributed by atoms with van der Waals surface area (Å²) < 4.78 is 11.9. The molecule has 1 heterocycles. The average Bonchev–Trinajstić information content (AvgIpc) is 2.85.